The number of carbonyl (C=O) groups is 1. The molecule has 0 amide bonds. The van der Waals surface area contributed by atoms with Gasteiger partial charge < -0.3 is 5.11 Å². The van der Waals surface area contributed by atoms with Crippen LogP contribution in [0.3, 0.4) is 0 Å². The molecular weight excluding hydrogens is 257 g/mol. The molecule has 1 aromatic carbocycles. The Morgan fingerprint density at radius 3 is 2.21 bits per heavy atom. The summed E-state index contributed by atoms with van der Waals surface area (Å²) in [5.41, 5.74) is -2.80. The van der Waals surface area contributed by atoms with Gasteiger partial charge in [0.15, 0.2) is 11.4 Å². The Labute approximate surface area is 108 Å². The number of carbonyl (C=O) groups excluding carboxylic acids is 1. The smallest absolute Gasteiger partial charge is 0.376 e. The first-order valence-electron chi connectivity index (χ1n) is 5.90. The molecule has 0 saturated heterocycles. The van der Waals surface area contributed by atoms with Crippen LogP contribution in [0.5, 0.6) is 0 Å². The molecule has 2 rings (SSSR count). The van der Waals surface area contributed by atoms with Crippen LogP contribution in [0.2, 0.25) is 0 Å². The molecule has 1 unspecified atom stereocenters. The third-order valence-electron chi connectivity index (χ3n) is 3.26. The van der Waals surface area contributed by atoms with Crippen LogP contribution in [0.15, 0.2) is 42.0 Å². The highest BCUT2D eigenvalue weighted by molar-refractivity contribution is 5.92. The zero-order chi connectivity index (χ0) is 14.1. The number of alkyl halides is 3. The molecule has 0 aromatic heterocycles. The lowest BCUT2D eigenvalue weighted by atomic mass is 9.86. The Balaban J connectivity index is 2.36. The van der Waals surface area contributed by atoms with Crippen LogP contribution in [-0.4, -0.2) is 17.1 Å². The second-order valence-electron chi connectivity index (χ2n) is 4.67. The second kappa shape index (κ2) is 4.81. The van der Waals surface area contributed by atoms with Gasteiger partial charge in [-0.2, -0.15) is 13.2 Å². The molecule has 5 heteroatoms. The fraction of sp³-hybridized carbons (Fsp3) is 0.357. The number of allylic oxidation sites excluding steroid dienone is 1. The average Bonchev–Trinajstić information content (AvgIpc) is 2.74. The molecule has 0 spiro atoms. The minimum absolute atomic E-state index is 0.187. The number of rotatable bonds is 3. The quantitative estimate of drug-likeness (QED) is 0.916. The molecule has 0 saturated carbocycles. The van der Waals surface area contributed by atoms with Crippen LogP contribution in [0.1, 0.15) is 24.8 Å². The van der Waals surface area contributed by atoms with E-state index in [1.165, 1.54) is 30.3 Å². The predicted molar refractivity (Wildman–Crippen MR) is 63.3 cm³/mol. The Kier molecular flexibility index (Phi) is 3.49. The van der Waals surface area contributed by atoms with Crippen molar-refractivity contribution in [2.75, 3.05) is 0 Å². The van der Waals surface area contributed by atoms with Gasteiger partial charge in [-0.05, 0) is 18.1 Å². The van der Waals surface area contributed by atoms with E-state index in [1.807, 2.05) is 0 Å². The zero-order valence-electron chi connectivity index (χ0n) is 10.1. The molecule has 1 N–H and O–H groups in total. The lowest BCUT2D eigenvalue weighted by molar-refractivity contribution is -0.266. The topological polar surface area (TPSA) is 37.3 Å². The summed E-state index contributed by atoms with van der Waals surface area (Å²) in [6.07, 6.45) is -3.67. The molecule has 0 fully saturated rings. The lowest BCUT2D eigenvalue weighted by Crippen LogP contribution is -2.42. The van der Waals surface area contributed by atoms with Gasteiger partial charge in [0.2, 0.25) is 0 Å². The largest absolute Gasteiger partial charge is 0.421 e. The van der Waals surface area contributed by atoms with Gasteiger partial charge >= 0.3 is 6.18 Å². The molecule has 1 aliphatic rings. The van der Waals surface area contributed by atoms with Crippen molar-refractivity contribution in [1.29, 1.82) is 0 Å². The number of hydrogen-bond donors (Lipinski definition) is 1. The predicted octanol–water partition coefficient (Wildman–Crippen LogP) is 3.12. The van der Waals surface area contributed by atoms with E-state index in [-0.39, 0.29) is 24.2 Å². The van der Waals surface area contributed by atoms with E-state index in [2.05, 4.69) is 0 Å². The maximum absolute atomic E-state index is 13.2. The Bertz CT molecular complexity index is 505. The van der Waals surface area contributed by atoms with Crippen molar-refractivity contribution in [2.24, 2.45) is 0 Å². The van der Waals surface area contributed by atoms with E-state index in [4.69, 9.17) is 0 Å². The molecule has 1 aliphatic carbocycles. The molecule has 0 radical (unpaired) electrons. The van der Waals surface area contributed by atoms with Gasteiger partial charge in [-0.15, -0.1) is 0 Å². The second-order valence-corrected chi connectivity index (χ2v) is 4.67. The van der Waals surface area contributed by atoms with Gasteiger partial charge in [-0.1, -0.05) is 35.9 Å². The first-order valence-corrected chi connectivity index (χ1v) is 5.90. The van der Waals surface area contributed by atoms with Crippen LogP contribution in [0.4, 0.5) is 13.2 Å². The minimum Gasteiger partial charge on any atom is -0.376 e. The molecule has 1 atom stereocenters. The summed E-state index contributed by atoms with van der Waals surface area (Å²) < 4.78 is 39.5. The number of hydrogen-bond acceptors (Lipinski definition) is 2. The van der Waals surface area contributed by atoms with Crippen molar-refractivity contribution in [3.8, 4) is 0 Å². The van der Waals surface area contributed by atoms with E-state index in [0.29, 0.717) is 5.57 Å². The highest BCUT2D eigenvalue weighted by Gasteiger charge is 2.55. The maximum Gasteiger partial charge on any atom is 0.421 e. The van der Waals surface area contributed by atoms with Crippen LogP contribution >= 0.6 is 0 Å². The van der Waals surface area contributed by atoms with E-state index in [0.717, 1.165) is 0 Å². The first-order chi connectivity index (χ1) is 8.83. The van der Waals surface area contributed by atoms with Crippen LogP contribution in [-0.2, 0) is 10.4 Å². The zero-order valence-corrected chi connectivity index (χ0v) is 10.1. The van der Waals surface area contributed by atoms with Gasteiger partial charge in [-0.25, -0.2) is 0 Å². The van der Waals surface area contributed by atoms with E-state index in [1.54, 1.807) is 6.07 Å². The lowest BCUT2D eigenvalue weighted by Gasteiger charge is -2.31. The first kappa shape index (κ1) is 13.8. The Morgan fingerprint density at radius 2 is 1.74 bits per heavy atom. The highest BCUT2D eigenvalue weighted by atomic mass is 19.4. The molecule has 0 heterocycles. The molecule has 102 valence electrons. The van der Waals surface area contributed by atoms with E-state index in [9.17, 15) is 23.1 Å². The summed E-state index contributed by atoms with van der Waals surface area (Å²) in [5, 5.41) is 10.1. The Hall–Kier alpha value is -1.62. The molecule has 2 nitrogen and oxygen atoms in total. The van der Waals surface area contributed by atoms with Gasteiger partial charge in [0.25, 0.3) is 0 Å². The van der Waals surface area contributed by atoms with E-state index >= 15 is 0 Å². The van der Waals surface area contributed by atoms with Gasteiger partial charge in [0.1, 0.15) is 0 Å². The van der Waals surface area contributed by atoms with Crippen molar-refractivity contribution in [3.05, 3.63) is 47.5 Å². The molecule has 1 aromatic rings. The summed E-state index contributed by atoms with van der Waals surface area (Å²) in [5.74, 6) is -0.187. The third-order valence-corrected chi connectivity index (χ3v) is 3.26. The summed E-state index contributed by atoms with van der Waals surface area (Å²) in [6, 6.07) is 6.95. The normalized spacial score (nSPS) is 19.2. The standard InChI is InChI=1S/C14H13F3O2/c15-14(16,17)13(19,11-4-2-1-3-5-11)9-10-6-7-12(18)8-10/h1-5,8,19H,6-7,9H2. The van der Waals surface area contributed by atoms with Crippen molar-refractivity contribution < 1.29 is 23.1 Å². The Morgan fingerprint density at radius 1 is 1.11 bits per heavy atom. The molecule has 0 bridgehead atoms. The average molecular weight is 270 g/mol. The van der Waals surface area contributed by atoms with Crippen molar-refractivity contribution in [2.45, 2.75) is 31.0 Å². The molecule has 19 heavy (non-hydrogen) atoms. The fourth-order valence-electron chi connectivity index (χ4n) is 2.20. The maximum atomic E-state index is 13.2. The van der Waals surface area contributed by atoms with Gasteiger partial charge in [0.05, 0.1) is 0 Å². The van der Waals surface area contributed by atoms with Crippen molar-refractivity contribution in [3.63, 3.8) is 0 Å². The van der Waals surface area contributed by atoms with Crippen LogP contribution in [0, 0.1) is 0 Å². The summed E-state index contributed by atoms with van der Waals surface area (Å²) in [7, 11) is 0. The van der Waals surface area contributed by atoms with Crippen molar-refractivity contribution >= 4 is 5.78 Å². The van der Waals surface area contributed by atoms with E-state index < -0.39 is 18.2 Å². The summed E-state index contributed by atoms with van der Waals surface area (Å²) >= 11 is 0. The van der Waals surface area contributed by atoms with Gasteiger partial charge in [-0.3, -0.25) is 4.79 Å². The highest BCUT2D eigenvalue weighted by Crippen LogP contribution is 2.44. The summed E-state index contributed by atoms with van der Waals surface area (Å²) in [4.78, 5) is 11.1. The fourth-order valence-corrected chi connectivity index (χ4v) is 2.20. The van der Waals surface area contributed by atoms with Gasteiger partial charge in [0, 0.05) is 12.8 Å². The third kappa shape index (κ3) is 2.71. The monoisotopic (exact) mass is 270 g/mol. The summed E-state index contributed by atoms with van der Waals surface area (Å²) in [6.45, 7) is 0. The molecule has 0 aliphatic heterocycles. The number of aliphatic hydroxyl groups is 1. The van der Waals surface area contributed by atoms with Crippen LogP contribution in [0.25, 0.3) is 0 Å². The number of ketones is 1. The number of benzene rings is 1. The number of halogens is 3. The molecular formula is C14H13F3O2. The minimum atomic E-state index is -4.79. The van der Waals surface area contributed by atoms with Crippen LogP contribution < -0.4 is 0 Å². The SMILES string of the molecule is O=C1C=C(CC(O)(c2ccccc2)C(F)(F)F)CC1. The van der Waals surface area contributed by atoms with Crippen molar-refractivity contribution in [1.82, 2.24) is 0 Å².